The van der Waals surface area contributed by atoms with E-state index in [2.05, 4.69) is 5.16 Å². The summed E-state index contributed by atoms with van der Waals surface area (Å²) in [6.45, 7) is 3.25. The zero-order chi connectivity index (χ0) is 17.3. The van der Waals surface area contributed by atoms with Gasteiger partial charge >= 0.3 is 15.5 Å². The maximum atomic E-state index is 12.6. The van der Waals surface area contributed by atoms with Gasteiger partial charge < -0.3 is 14.3 Å². The highest BCUT2D eigenvalue weighted by Crippen LogP contribution is 2.38. The molecule has 0 radical (unpaired) electrons. The highest BCUT2D eigenvalue weighted by molar-refractivity contribution is 7.93. The second-order valence-corrected chi connectivity index (χ2v) is 6.07. The Morgan fingerprint density at radius 3 is 2.52 bits per heavy atom. The Morgan fingerprint density at radius 2 is 1.96 bits per heavy atom. The number of rotatable bonds is 5. The van der Waals surface area contributed by atoms with Gasteiger partial charge in [-0.3, -0.25) is 4.72 Å². The van der Waals surface area contributed by atoms with Crippen LogP contribution in [0.1, 0.15) is 19.4 Å². The summed E-state index contributed by atoms with van der Waals surface area (Å²) < 4.78 is 72.0. The first kappa shape index (κ1) is 17.2. The molecule has 1 aromatic carbocycles. The highest BCUT2D eigenvalue weighted by Gasteiger charge is 2.46. The van der Waals surface area contributed by atoms with Gasteiger partial charge in [0, 0.05) is 11.6 Å². The molecule has 1 aliphatic heterocycles. The molecule has 1 aromatic rings. The van der Waals surface area contributed by atoms with E-state index in [1.165, 1.54) is 17.7 Å². The summed E-state index contributed by atoms with van der Waals surface area (Å²) in [6.07, 6.45) is 0. The first-order chi connectivity index (χ1) is 10.7. The molecule has 23 heavy (non-hydrogen) atoms. The summed E-state index contributed by atoms with van der Waals surface area (Å²) in [5.41, 5.74) is -5.54. The summed E-state index contributed by atoms with van der Waals surface area (Å²) in [7, 11) is -5.59. The summed E-state index contributed by atoms with van der Waals surface area (Å²) >= 11 is 0. The van der Waals surface area contributed by atoms with Crippen molar-refractivity contribution in [2.75, 3.05) is 18.1 Å². The number of nitrogens with zero attached hydrogens (tertiary/aromatic N) is 1. The van der Waals surface area contributed by atoms with E-state index in [0.717, 1.165) is 6.07 Å². The zero-order valence-electron chi connectivity index (χ0n) is 12.1. The second-order valence-electron chi connectivity index (χ2n) is 4.40. The van der Waals surface area contributed by atoms with Crippen LogP contribution < -0.4 is 14.2 Å². The van der Waals surface area contributed by atoms with Gasteiger partial charge in [-0.1, -0.05) is 5.16 Å². The third-order valence-electron chi connectivity index (χ3n) is 2.78. The number of benzene rings is 1. The van der Waals surface area contributed by atoms with Gasteiger partial charge in [0.1, 0.15) is 6.61 Å². The lowest BCUT2D eigenvalue weighted by atomic mass is 10.1. The van der Waals surface area contributed by atoms with Crippen molar-refractivity contribution < 1.29 is 35.9 Å². The van der Waals surface area contributed by atoms with Crippen LogP contribution in [0, 0.1) is 0 Å². The first-order valence-corrected chi connectivity index (χ1v) is 7.83. The van der Waals surface area contributed by atoms with Crippen LogP contribution >= 0.6 is 0 Å². The molecule has 0 bridgehead atoms. The molecule has 1 N–H and O–H groups in total. The maximum absolute atomic E-state index is 12.6. The molecule has 7 nitrogen and oxygen atoms in total. The molecule has 0 spiro atoms. The molecule has 0 unspecified atom stereocenters. The SMILES string of the molecule is CCON=C(C)c1cc2c(cc1NS(=O)(=O)C(F)(F)F)OCO2. The minimum Gasteiger partial charge on any atom is -0.454 e. The summed E-state index contributed by atoms with van der Waals surface area (Å²) in [6, 6.07) is 2.43. The van der Waals surface area contributed by atoms with Crippen LogP contribution in [0.15, 0.2) is 17.3 Å². The van der Waals surface area contributed by atoms with Gasteiger partial charge in [0.25, 0.3) is 0 Å². The van der Waals surface area contributed by atoms with Crippen molar-refractivity contribution >= 4 is 21.4 Å². The standard InChI is InChI=1S/C12H13F3N2O5S/c1-3-22-16-7(2)8-4-10-11(21-6-20-10)5-9(8)17-23(18,19)12(13,14)15/h4-5,17H,3,6H2,1-2H3. The number of sulfonamides is 1. The quantitative estimate of drug-likeness (QED) is 0.648. The van der Waals surface area contributed by atoms with Crippen LogP contribution in [0.4, 0.5) is 18.9 Å². The summed E-state index contributed by atoms with van der Waals surface area (Å²) in [5.74, 6) is 0.388. The van der Waals surface area contributed by atoms with E-state index in [4.69, 9.17) is 14.3 Å². The molecule has 0 fully saturated rings. The van der Waals surface area contributed by atoms with Crippen LogP contribution in [0.3, 0.4) is 0 Å². The molecule has 0 aromatic heterocycles. The molecule has 128 valence electrons. The number of halogens is 3. The Labute approximate surface area is 130 Å². The third kappa shape index (κ3) is 3.60. The summed E-state index contributed by atoms with van der Waals surface area (Å²) in [4.78, 5) is 4.84. The van der Waals surface area contributed by atoms with Gasteiger partial charge in [0.2, 0.25) is 6.79 Å². The minimum atomic E-state index is -5.59. The molecule has 1 heterocycles. The zero-order valence-corrected chi connectivity index (χ0v) is 12.9. The van der Waals surface area contributed by atoms with E-state index in [9.17, 15) is 21.6 Å². The van der Waals surface area contributed by atoms with Crippen LogP contribution in [0.2, 0.25) is 0 Å². The maximum Gasteiger partial charge on any atom is 0.516 e. The van der Waals surface area contributed by atoms with Gasteiger partial charge in [0.05, 0.1) is 11.4 Å². The van der Waals surface area contributed by atoms with Crippen molar-refractivity contribution in [1.82, 2.24) is 0 Å². The topological polar surface area (TPSA) is 86.2 Å². The molecule has 0 saturated heterocycles. The Kier molecular flexibility index (Phi) is 4.59. The number of ether oxygens (including phenoxy) is 2. The number of alkyl halides is 3. The van der Waals surface area contributed by atoms with Crippen LogP contribution in [0.25, 0.3) is 0 Å². The fourth-order valence-electron chi connectivity index (χ4n) is 1.74. The van der Waals surface area contributed by atoms with E-state index >= 15 is 0 Å². The van der Waals surface area contributed by atoms with Crippen molar-refractivity contribution in [3.05, 3.63) is 17.7 Å². The van der Waals surface area contributed by atoms with Crippen LogP contribution in [-0.4, -0.2) is 33.0 Å². The van der Waals surface area contributed by atoms with Crippen molar-refractivity contribution in [3.63, 3.8) is 0 Å². The molecule has 1 aliphatic rings. The number of nitrogens with one attached hydrogen (secondary N) is 1. The Morgan fingerprint density at radius 1 is 1.35 bits per heavy atom. The van der Waals surface area contributed by atoms with Crippen molar-refractivity contribution in [2.45, 2.75) is 19.4 Å². The van der Waals surface area contributed by atoms with E-state index in [-0.39, 0.29) is 41.9 Å². The third-order valence-corrected chi connectivity index (χ3v) is 3.88. The normalized spacial score (nSPS) is 14.7. The lowest BCUT2D eigenvalue weighted by Gasteiger charge is -2.14. The van der Waals surface area contributed by atoms with E-state index < -0.39 is 15.5 Å². The largest absolute Gasteiger partial charge is 0.516 e. The van der Waals surface area contributed by atoms with Crippen molar-refractivity contribution in [2.24, 2.45) is 5.16 Å². The number of oxime groups is 1. The Hall–Kier alpha value is -2.17. The highest BCUT2D eigenvalue weighted by atomic mass is 32.2. The predicted octanol–water partition coefficient (Wildman–Crippen LogP) is 2.44. The predicted molar refractivity (Wildman–Crippen MR) is 75.0 cm³/mol. The minimum absolute atomic E-state index is 0.0792. The summed E-state index contributed by atoms with van der Waals surface area (Å²) in [5, 5.41) is 3.70. The first-order valence-electron chi connectivity index (χ1n) is 6.35. The average Bonchev–Trinajstić information content (AvgIpc) is 2.89. The molecule has 0 aliphatic carbocycles. The molecular formula is C12H13F3N2O5S. The van der Waals surface area contributed by atoms with Gasteiger partial charge in [0.15, 0.2) is 11.5 Å². The van der Waals surface area contributed by atoms with Crippen molar-refractivity contribution in [1.29, 1.82) is 0 Å². The van der Waals surface area contributed by atoms with Crippen molar-refractivity contribution in [3.8, 4) is 11.5 Å². The van der Waals surface area contributed by atoms with Gasteiger partial charge in [-0.2, -0.15) is 21.6 Å². The van der Waals surface area contributed by atoms with Crippen LogP contribution in [0.5, 0.6) is 11.5 Å². The van der Waals surface area contributed by atoms with Gasteiger partial charge in [-0.25, -0.2) is 0 Å². The van der Waals surface area contributed by atoms with E-state index in [0.29, 0.717) is 0 Å². The molecule has 0 amide bonds. The molecule has 2 rings (SSSR count). The number of anilines is 1. The fraction of sp³-hybridized carbons (Fsp3) is 0.417. The fourth-order valence-corrected chi connectivity index (χ4v) is 2.31. The molecule has 0 atom stereocenters. The lowest BCUT2D eigenvalue weighted by Crippen LogP contribution is -2.30. The number of fused-ring (bicyclic) bond motifs is 1. The Bertz CT molecular complexity index is 731. The average molecular weight is 354 g/mol. The lowest BCUT2D eigenvalue weighted by molar-refractivity contribution is -0.0429. The molecule has 11 heteroatoms. The van der Waals surface area contributed by atoms with E-state index in [1.54, 1.807) is 6.92 Å². The second kappa shape index (κ2) is 6.14. The smallest absolute Gasteiger partial charge is 0.454 e. The van der Waals surface area contributed by atoms with Gasteiger partial charge in [-0.15, -0.1) is 0 Å². The van der Waals surface area contributed by atoms with Gasteiger partial charge in [-0.05, 0) is 19.9 Å². The molecular weight excluding hydrogens is 341 g/mol. The Balaban J connectivity index is 2.49. The monoisotopic (exact) mass is 354 g/mol. The van der Waals surface area contributed by atoms with Crippen LogP contribution in [-0.2, 0) is 14.9 Å². The number of hydrogen-bond donors (Lipinski definition) is 1. The number of hydrogen-bond acceptors (Lipinski definition) is 6. The van der Waals surface area contributed by atoms with E-state index in [1.807, 2.05) is 0 Å². The molecule has 0 saturated carbocycles.